The zero-order chi connectivity index (χ0) is 20.8. The van der Waals surface area contributed by atoms with Crippen molar-refractivity contribution in [3.05, 3.63) is 77.4 Å². The van der Waals surface area contributed by atoms with Crippen LogP contribution in [0.15, 0.2) is 60.7 Å². The lowest BCUT2D eigenvalue weighted by Gasteiger charge is -2.11. The Balaban J connectivity index is 1.97. The van der Waals surface area contributed by atoms with Crippen LogP contribution in [0.2, 0.25) is 0 Å². The number of carboxylic acids is 1. The van der Waals surface area contributed by atoms with Gasteiger partial charge in [0.05, 0.1) is 13.7 Å². The first-order chi connectivity index (χ1) is 14.0. The molecule has 0 saturated carbocycles. The first kappa shape index (κ1) is 20.1. The number of carbonyl (C=O) groups excluding carboxylic acids is 2. The second-order valence-corrected chi connectivity index (χ2v) is 6.40. The number of carboxylic acid groups (broad SMARTS) is 1. The maximum absolute atomic E-state index is 12.7. The number of allylic oxidation sites excluding steroid dienone is 1. The fraction of sp³-hybridized carbons (Fsp3) is 0.167. The van der Waals surface area contributed by atoms with E-state index in [-0.39, 0.29) is 12.2 Å². The Morgan fingerprint density at radius 3 is 2.52 bits per heavy atom. The Kier molecular flexibility index (Phi) is 6.29. The number of benzene rings is 3. The Morgan fingerprint density at radius 2 is 1.79 bits per heavy atom. The van der Waals surface area contributed by atoms with E-state index in [9.17, 15) is 14.7 Å². The molecule has 0 saturated heterocycles. The van der Waals surface area contributed by atoms with Crippen molar-refractivity contribution < 1.29 is 24.2 Å². The molecule has 0 heterocycles. The summed E-state index contributed by atoms with van der Waals surface area (Å²) in [6.07, 6.45) is 2.87. The van der Waals surface area contributed by atoms with Crippen LogP contribution < -0.4 is 14.6 Å². The van der Waals surface area contributed by atoms with Gasteiger partial charge in [0, 0.05) is 29.1 Å². The Morgan fingerprint density at radius 1 is 1.03 bits per heavy atom. The maximum atomic E-state index is 12.7. The fourth-order valence-electron chi connectivity index (χ4n) is 3.21. The molecule has 0 amide bonds. The maximum Gasteiger partial charge on any atom is 0.185 e. The summed E-state index contributed by atoms with van der Waals surface area (Å²) in [6, 6.07) is 16.5. The lowest BCUT2D eigenvalue weighted by atomic mass is 10.0. The molecule has 3 aromatic rings. The minimum Gasteiger partial charge on any atom is -0.550 e. The Labute approximate surface area is 169 Å². The van der Waals surface area contributed by atoms with Gasteiger partial charge in [-0.05, 0) is 54.1 Å². The van der Waals surface area contributed by atoms with Gasteiger partial charge in [-0.15, -0.1) is 0 Å². The number of aliphatic carboxylic acids is 1. The molecule has 0 aliphatic heterocycles. The van der Waals surface area contributed by atoms with Gasteiger partial charge in [0.25, 0.3) is 0 Å². The van der Waals surface area contributed by atoms with Crippen molar-refractivity contribution >= 4 is 28.6 Å². The number of ether oxygens (including phenoxy) is 2. The number of hydrogen-bond acceptors (Lipinski definition) is 5. The van der Waals surface area contributed by atoms with Gasteiger partial charge in [-0.2, -0.15) is 0 Å². The summed E-state index contributed by atoms with van der Waals surface area (Å²) in [6.45, 7) is 2.42. The molecule has 0 unspecified atom stereocenters. The van der Waals surface area contributed by atoms with E-state index >= 15 is 0 Å². The third kappa shape index (κ3) is 4.63. The molecule has 0 bridgehead atoms. The number of rotatable bonds is 8. The van der Waals surface area contributed by atoms with Crippen molar-refractivity contribution in [3.63, 3.8) is 0 Å². The molecule has 148 valence electrons. The van der Waals surface area contributed by atoms with Crippen LogP contribution >= 0.6 is 0 Å². The van der Waals surface area contributed by atoms with E-state index in [2.05, 4.69) is 0 Å². The van der Waals surface area contributed by atoms with Crippen molar-refractivity contribution in [2.24, 2.45) is 0 Å². The van der Waals surface area contributed by atoms with Crippen molar-refractivity contribution in [3.8, 4) is 11.5 Å². The van der Waals surface area contributed by atoms with E-state index in [4.69, 9.17) is 9.47 Å². The van der Waals surface area contributed by atoms with Crippen molar-refractivity contribution in [1.29, 1.82) is 0 Å². The number of carbonyl (C=O) groups is 2. The molecule has 0 atom stereocenters. The number of ketones is 1. The second-order valence-electron chi connectivity index (χ2n) is 6.40. The van der Waals surface area contributed by atoms with Gasteiger partial charge in [-0.25, -0.2) is 0 Å². The summed E-state index contributed by atoms with van der Waals surface area (Å²) in [5.74, 6) is -0.381. The third-order valence-electron chi connectivity index (χ3n) is 4.53. The molecular weight excluding hydrogens is 368 g/mol. The summed E-state index contributed by atoms with van der Waals surface area (Å²) in [7, 11) is 1.45. The highest BCUT2D eigenvalue weighted by atomic mass is 16.5. The third-order valence-corrected chi connectivity index (χ3v) is 4.53. The van der Waals surface area contributed by atoms with Gasteiger partial charge in [0.15, 0.2) is 5.78 Å². The normalized spacial score (nSPS) is 11.0. The Hall–Kier alpha value is -3.60. The van der Waals surface area contributed by atoms with Crippen LogP contribution in [0.25, 0.3) is 16.8 Å². The predicted octanol–water partition coefficient (Wildman–Crippen LogP) is 3.44. The van der Waals surface area contributed by atoms with Crippen LogP contribution in [0.4, 0.5) is 0 Å². The average molecular weight is 389 g/mol. The summed E-state index contributed by atoms with van der Waals surface area (Å²) >= 11 is 0. The van der Waals surface area contributed by atoms with E-state index in [1.807, 2.05) is 43.3 Å². The van der Waals surface area contributed by atoms with Crippen LogP contribution in [0, 0.1) is 0 Å². The number of hydrogen-bond donors (Lipinski definition) is 0. The number of methoxy groups -OCH3 is 1. The molecule has 0 N–H and O–H groups in total. The van der Waals surface area contributed by atoms with E-state index in [0.29, 0.717) is 29.2 Å². The molecule has 0 radical (unpaired) electrons. The van der Waals surface area contributed by atoms with Crippen molar-refractivity contribution in [2.75, 3.05) is 13.7 Å². The first-order valence-electron chi connectivity index (χ1n) is 9.27. The van der Waals surface area contributed by atoms with Crippen molar-refractivity contribution in [1.82, 2.24) is 0 Å². The molecule has 5 nitrogen and oxygen atoms in total. The molecule has 0 aromatic heterocycles. The summed E-state index contributed by atoms with van der Waals surface area (Å²) < 4.78 is 10.9. The second kappa shape index (κ2) is 9.06. The first-order valence-corrected chi connectivity index (χ1v) is 9.27. The summed E-state index contributed by atoms with van der Waals surface area (Å²) in [5.41, 5.74) is 1.59. The van der Waals surface area contributed by atoms with Gasteiger partial charge in [0.2, 0.25) is 0 Å². The van der Waals surface area contributed by atoms with E-state index in [1.165, 1.54) is 19.3 Å². The molecular formula is C24H21O5-. The molecule has 5 heteroatoms. The molecule has 0 aliphatic carbocycles. The standard InChI is InChI=1S/C24H22O5/c1-3-29-23-13-8-16-6-4-5-7-19(16)20(23)10-11-21(25)17-9-12-22(28-2)18(14-17)15-24(26)27/h4-14H,3,15H2,1-2H3,(H,26,27)/p-1/b11-10+. The van der Waals surface area contributed by atoms with Crippen LogP contribution in [0.1, 0.15) is 28.4 Å². The molecule has 3 aromatic carbocycles. The number of fused-ring (bicyclic) bond motifs is 1. The molecule has 0 spiro atoms. The molecule has 0 aliphatic rings. The quantitative estimate of drug-likeness (QED) is 0.436. The summed E-state index contributed by atoms with van der Waals surface area (Å²) in [4.78, 5) is 23.7. The zero-order valence-corrected chi connectivity index (χ0v) is 16.3. The zero-order valence-electron chi connectivity index (χ0n) is 16.3. The predicted molar refractivity (Wildman–Crippen MR) is 110 cm³/mol. The topological polar surface area (TPSA) is 75.7 Å². The molecule has 0 fully saturated rings. The average Bonchev–Trinajstić information content (AvgIpc) is 2.72. The molecule has 3 rings (SSSR count). The highest BCUT2D eigenvalue weighted by molar-refractivity contribution is 6.08. The van der Waals surface area contributed by atoms with Crippen LogP contribution in [0.5, 0.6) is 11.5 Å². The van der Waals surface area contributed by atoms with Gasteiger partial charge < -0.3 is 19.4 Å². The Bertz CT molecular complexity index is 1080. The van der Waals surface area contributed by atoms with E-state index in [1.54, 1.807) is 18.2 Å². The lowest BCUT2D eigenvalue weighted by molar-refractivity contribution is -0.304. The highest BCUT2D eigenvalue weighted by Crippen LogP contribution is 2.30. The minimum atomic E-state index is -1.24. The van der Waals surface area contributed by atoms with Crippen LogP contribution in [-0.4, -0.2) is 25.5 Å². The minimum absolute atomic E-state index is 0.248. The lowest BCUT2D eigenvalue weighted by Crippen LogP contribution is -2.24. The van der Waals surface area contributed by atoms with Gasteiger partial charge in [0.1, 0.15) is 11.5 Å². The monoisotopic (exact) mass is 389 g/mol. The SMILES string of the molecule is CCOc1ccc2ccccc2c1/C=C/C(=O)c1ccc(OC)c(CC(=O)[O-])c1. The molecule has 29 heavy (non-hydrogen) atoms. The highest BCUT2D eigenvalue weighted by Gasteiger charge is 2.10. The van der Waals surface area contributed by atoms with Crippen LogP contribution in [-0.2, 0) is 11.2 Å². The van der Waals surface area contributed by atoms with E-state index in [0.717, 1.165) is 16.3 Å². The van der Waals surface area contributed by atoms with Gasteiger partial charge >= 0.3 is 0 Å². The van der Waals surface area contributed by atoms with E-state index < -0.39 is 5.97 Å². The smallest absolute Gasteiger partial charge is 0.185 e. The van der Waals surface area contributed by atoms with Gasteiger partial charge in [-0.1, -0.05) is 30.3 Å². The summed E-state index contributed by atoms with van der Waals surface area (Å²) in [5, 5.41) is 13.0. The fourth-order valence-corrected chi connectivity index (χ4v) is 3.21. The van der Waals surface area contributed by atoms with Crippen LogP contribution in [0.3, 0.4) is 0 Å². The largest absolute Gasteiger partial charge is 0.550 e. The van der Waals surface area contributed by atoms with Gasteiger partial charge in [-0.3, -0.25) is 4.79 Å². The van der Waals surface area contributed by atoms with Crippen molar-refractivity contribution in [2.45, 2.75) is 13.3 Å².